The van der Waals surface area contributed by atoms with Crippen molar-refractivity contribution >= 4 is 35.2 Å². The van der Waals surface area contributed by atoms with Crippen LogP contribution in [-0.4, -0.2) is 59.6 Å². The van der Waals surface area contributed by atoms with Crippen LogP contribution in [0.25, 0.3) is 0 Å². The van der Waals surface area contributed by atoms with Crippen LogP contribution in [0.5, 0.6) is 0 Å². The fraction of sp³-hybridized carbons (Fsp3) is 0.633. The minimum Gasteiger partial charge on any atom is -0.466 e. The van der Waals surface area contributed by atoms with Crippen LogP contribution < -0.4 is 10.6 Å². The van der Waals surface area contributed by atoms with Gasteiger partial charge in [0.05, 0.1) is 6.61 Å². The predicted octanol–water partition coefficient (Wildman–Crippen LogP) is 5.78. The van der Waals surface area contributed by atoms with Gasteiger partial charge in [0, 0.05) is 52.0 Å². The zero-order valence-corrected chi connectivity index (χ0v) is 26.5. The first kappa shape index (κ1) is 42.8. The Morgan fingerprint density at radius 3 is 1.38 bits per heavy atom. The molecule has 39 heavy (non-hydrogen) atoms. The van der Waals surface area contributed by atoms with Crippen LogP contribution in [0.2, 0.25) is 0 Å². The molecule has 1 saturated heterocycles. The summed E-state index contributed by atoms with van der Waals surface area (Å²) < 4.78 is 4.40. The Labute approximate surface area is 237 Å². The lowest BCUT2D eigenvalue weighted by Crippen LogP contribution is -2.38. The van der Waals surface area contributed by atoms with Crippen molar-refractivity contribution in [3.63, 3.8) is 0 Å². The molecule has 0 bridgehead atoms. The first-order chi connectivity index (χ1) is 17.9. The molecule has 0 aromatic heterocycles. The Hall–Kier alpha value is -3.23. The minimum atomic E-state index is -0.211. The number of amides is 3. The summed E-state index contributed by atoms with van der Waals surface area (Å²) in [7, 11) is 0. The number of ether oxygens (including phenoxy) is 1. The second-order valence-electron chi connectivity index (χ2n) is 9.73. The van der Waals surface area contributed by atoms with Gasteiger partial charge in [-0.25, -0.2) is 0 Å². The van der Waals surface area contributed by atoms with E-state index >= 15 is 0 Å². The number of likely N-dealkylation sites (tertiary alicyclic amines) is 1. The average molecular weight is 554 g/mol. The molecule has 0 radical (unpaired) electrons. The predicted molar refractivity (Wildman–Crippen MR) is 160 cm³/mol. The lowest BCUT2D eigenvalue weighted by molar-refractivity contribution is -0.140. The van der Waals surface area contributed by atoms with Crippen molar-refractivity contribution in [2.75, 3.05) is 25.0 Å². The summed E-state index contributed by atoms with van der Waals surface area (Å²) in [6, 6.07) is 9.37. The number of para-hydroxylation sites is 1. The van der Waals surface area contributed by atoms with E-state index in [1.807, 2.05) is 56.0 Å². The van der Waals surface area contributed by atoms with E-state index in [0.717, 1.165) is 18.8 Å². The van der Waals surface area contributed by atoms with Gasteiger partial charge < -0.3 is 25.1 Å². The van der Waals surface area contributed by atoms with E-state index in [2.05, 4.69) is 29.2 Å². The Kier molecular flexibility index (Phi) is 30.5. The fourth-order valence-electron chi connectivity index (χ4n) is 2.49. The van der Waals surface area contributed by atoms with Crippen LogP contribution >= 0.6 is 0 Å². The van der Waals surface area contributed by atoms with E-state index in [0.29, 0.717) is 6.61 Å². The summed E-state index contributed by atoms with van der Waals surface area (Å²) in [5.41, 5.74) is 0.765. The van der Waals surface area contributed by atoms with E-state index < -0.39 is 0 Å². The molecule has 2 rings (SSSR count). The molecule has 1 aromatic rings. The number of anilines is 1. The summed E-state index contributed by atoms with van der Waals surface area (Å²) in [6.07, 6.45) is 3.64. The Morgan fingerprint density at radius 1 is 0.795 bits per heavy atom. The van der Waals surface area contributed by atoms with Gasteiger partial charge in [-0.1, -0.05) is 38.5 Å². The zero-order valence-electron chi connectivity index (χ0n) is 26.5. The number of hydrogen-bond acceptors (Lipinski definition) is 6. The van der Waals surface area contributed by atoms with E-state index in [4.69, 9.17) is 0 Å². The van der Waals surface area contributed by atoms with Crippen LogP contribution in [0.4, 0.5) is 5.69 Å². The van der Waals surface area contributed by atoms with Crippen molar-refractivity contribution in [1.29, 1.82) is 0 Å². The molecule has 1 aromatic carbocycles. The Morgan fingerprint density at radius 2 is 1.21 bits per heavy atom. The highest BCUT2D eigenvalue weighted by Gasteiger charge is 2.12. The monoisotopic (exact) mass is 553 g/mol. The largest absolute Gasteiger partial charge is 0.466 e. The molecule has 0 atom stereocenters. The third kappa shape index (κ3) is 48.4. The second-order valence-corrected chi connectivity index (χ2v) is 9.73. The lowest BCUT2D eigenvalue weighted by Gasteiger charge is -2.18. The number of ketones is 1. The van der Waals surface area contributed by atoms with Crippen molar-refractivity contribution in [1.82, 2.24) is 10.2 Å². The molecule has 226 valence electrons. The van der Waals surface area contributed by atoms with Crippen LogP contribution in [0.1, 0.15) is 102 Å². The number of carbonyl (C=O) groups excluding carboxylic acids is 5. The summed E-state index contributed by atoms with van der Waals surface area (Å²) in [5, 5.41) is 5.41. The van der Waals surface area contributed by atoms with Crippen LogP contribution in [0.3, 0.4) is 0 Å². The third-order valence-electron chi connectivity index (χ3n) is 3.54. The highest BCUT2D eigenvalue weighted by Crippen LogP contribution is 2.06. The molecular weight excluding hydrogens is 498 g/mol. The molecule has 0 spiro atoms. The Bertz CT molecular complexity index is 780. The van der Waals surface area contributed by atoms with Crippen molar-refractivity contribution in [2.24, 2.45) is 0 Å². The summed E-state index contributed by atoms with van der Waals surface area (Å²) in [5.74, 6) is 0.170. The average Bonchev–Trinajstić information content (AvgIpc) is 3.29. The van der Waals surface area contributed by atoms with Gasteiger partial charge >= 0.3 is 5.97 Å². The van der Waals surface area contributed by atoms with Gasteiger partial charge in [0.15, 0.2) is 0 Å². The van der Waals surface area contributed by atoms with Crippen molar-refractivity contribution < 1.29 is 28.7 Å². The standard InChI is InChI=1S/C8H9NO.C6H11NO.C6H13NO.C4H8O2.C3H6O.C3H8/c1-7(10)9-8-5-3-2-4-6-8;1-6(8)7-4-2-3-5-7;1-5(8)7-6(2,3)4;1-3-6-4(2)5;1-3(2)4;1-3-2/h2-6H,1H3,(H,9,10);2-5H2,1H3;1-4H3,(H,7,8);3H2,1-2H3;1-2H3;3H2,1-2H3. The molecule has 1 fully saturated rings. The zero-order chi connectivity index (χ0) is 31.4. The van der Waals surface area contributed by atoms with Crippen molar-refractivity contribution in [3.8, 4) is 0 Å². The van der Waals surface area contributed by atoms with Crippen LogP contribution in [-0.2, 0) is 28.7 Å². The summed E-state index contributed by atoms with van der Waals surface area (Å²) in [6.45, 7) is 23.4. The molecule has 0 saturated carbocycles. The fourth-order valence-corrected chi connectivity index (χ4v) is 2.49. The molecular formula is C30H55N3O6. The van der Waals surface area contributed by atoms with E-state index in [9.17, 15) is 24.0 Å². The molecule has 1 aliphatic rings. The van der Waals surface area contributed by atoms with Gasteiger partial charge in [-0.3, -0.25) is 19.2 Å². The van der Waals surface area contributed by atoms with E-state index in [-0.39, 0.29) is 35.0 Å². The van der Waals surface area contributed by atoms with Gasteiger partial charge in [0.2, 0.25) is 17.7 Å². The number of nitrogens with zero attached hydrogens (tertiary/aromatic N) is 1. The summed E-state index contributed by atoms with van der Waals surface area (Å²) >= 11 is 0. The maximum Gasteiger partial charge on any atom is 0.302 e. The van der Waals surface area contributed by atoms with Gasteiger partial charge in [0.25, 0.3) is 0 Å². The molecule has 9 nitrogen and oxygen atoms in total. The number of rotatable bonds is 2. The number of benzene rings is 1. The molecule has 1 aliphatic heterocycles. The van der Waals surface area contributed by atoms with Gasteiger partial charge in [-0.05, 0) is 66.5 Å². The van der Waals surface area contributed by atoms with Crippen LogP contribution in [0.15, 0.2) is 30.3 Å². The summed E-state index contributed by atoms with van der Waals surface area (Å²) in [4.78, 5) is 52.6. The van der Waals surface area contributed by atoms with Gasteiger partial charge in [0.1, 0.15) is 5.78 Å². The highest BCUT2D eigenvalue weighted by atomic mass is 16.5. The third-order valence-corrected chi connectivity index (χ3v) is 3.54. The molecule has 3 amide bonds. The first-order valence-electron chi connectivity index (χ1n) is 13.4. The molecule has 2 N–H and O–H groups in total. The topological polar surface area (TPSA) is 122 Å². The SMILES string of the molecule is CC(=O)N1CCCC1.CC(=O)NC(C)(C)C.CC(=O)Nc1ccccc1.CC(C)=O.CCC.CCOC(C)=O. The number of Topliss-reactive ketones (excluding diaryl/α,β-unsaturated/α-hetero) is 1. The van der Waals surface area contributed by atoms with Gasteiger partial charge in [-0.15, -0.1) is 0 Å². The number of carbonyl (C=O) groups is 5. The Balaban J connectivity index is -0.000000196. The van der Waals surface area contributed by atoms with E-state index in [1.165, 1.54) is 53.9 Å². The molecule has 0 aliphatic carbocycles. The minimum absolute atomic E-state index is 0.0255. The lowest BCUT2D eigenvalue weighted by atomic mass is 10.1. The molecule has 1 heterocycles. The number of esters is 1. The van der Waals surface area contributed by atoms with Crippen molar-refractivity contribution in [3.05, 3.63) is 30.3 Å². The number of nitrogens with one attached hydrogen (secondary N) is 2. The van der Waals surface area contributed by atoms with Gasteiger partial charge in [-0.2, -0.15) is 0 Å². The van der Waals surface area contributed by atoms with Crippen molar-refractivity contribution in [2.45, 2.75) is 108 Å². The molecule has 0 unspecified atom stereocenters. The first-order valence-corrected chi connectivity index (χ1v) is 13.4. The quantitative estimate of drug-likeness (QED) is 0.448. The number of hydrogen-bond donors (Lipinski definition) is 2. The maximum absolute atomic E-state index is 10.6. The normalized spacial score (nSPS) is 10.8. The maximum atomic E-state index is 10.6. The van der Waals surface area contributed by atoms with Crippen LogP contribution in [0, 0.1) is 0 Å². The molecule has 9 heteroatoms. The van der Waals surface area contributed by atoms with E-state index in [1.54, 1.807) is 13.8 Å². The smallest absolute Gasteiger partial charge is 0.302 e. The highest BCUT2D eigenvalue weighted by molar-refractivity contribution is 5.88. The second kappa shape index (κ2) is 27.8.